The first-order chi connectivity index (χ1) is 8.65. The number of amides is 1. The van der Waals surface area contributed by atoms with Gasteiger partial charge in [0.2, 0.25) is 5.91 Å². The van der Waals surface area contributed by atoms with Gasteiger partial charge in [-0.15, -0.1) is 0 Å². The van der Waals surface area contributed by atoms with Crippen LogP contribution in [-0.2, 0) is 18.4 Å². The fourth-order valence-corrected chi connectivity index (χ4v) is 2.39. The fourth-order valence-electron chi connectivity index (χ4n) is 2.39. The van der Waals surface area contributed by atoms with E-state index in [1.54, 1.807) is 9.58 Å². The second kappa shape index (κ2) is 6.00. The Balaban J connectivity index is 1.74. The average Bonchev–Trinajstić information content (AvgIpc) is 2.97. The van der Waals surface area contributed by atoms with E-state index in [2.05, 4.69) is 10.4 Å². The quantitative estimate of drug-likeness (QED) is 0.839. The van der Waals surface area contributed by atoms with Gasteiger partial charge in [-0.3, -0.25) is 9.48 Å². The molecule has 5 nitrogen and oxygen atoms in total. The molecule has 1 saturated heterocycles. The van der Waals surface area contributed by atoms with Gasteiger partial charge in [-0.1, -0.05) is 0 Å². The van der Waals surface area contributed by atoms with Crippen LogP contribution in [0.5, 0.6) is 0 Å². The summed E-state index contributed by atoms with van der Waals surface area (Å²) >= 11 is 0. The van der Waals surface area contributed by atoms with Crippen molar-refractivity contribution in [3.63, 3.8) is 0 Å². The highest BCUT2D eigenvalue weighted by molar-refractivity contribution is 5.75. The van der Waals surface area contributed by atoms with Crippen molar-refractivity contribution in [2.45, 2.75) is 25.8 Å². The standard InChI is InChI=1S/C13H22N4O/c1-16(9-12-8-15-17(2)10-12)13(18)4-3-11-5-6-14-7-11/h8,10-11,14H,3-7,9H2,1-2H3. The lowest BCUT2D eigenvalue weighted by molar-refractivity contribution is -0.130. The molecule has 1 aromatic heterocycles. The van der Waals surface area contributed by atoms with Gasteiger partial charge in [0.25, 0.3) is 0 Å². The maximum atomic E-state index is 12.0. The third-order valence-corrected chi connectivity index (χ3v) is 3.53. The number of nitrogens with zero attached hydrogens (tertiary/aromatic N) is 3. The second-order valence-corrected chi connectivity index (χ2v) is 5.17. The minimum atomic E-state index is 0.228. The normalized spacial score (nSPS) is 19.1. The van der Waals surface area contributed by atoms with E-state index in [0.29, 0.717) is 18.9 Å². The summed E-state index contributed by atoms with van der Waals surface area (Å²) in [4.78, 5) is 13.8. The molecule has 100 valence electrons. The first-order valence-electron chi connectivity index (χ1n) is 6.57. The third-order valence-electron chi connectivity index (χ3n) is 3.53. The van der Waals surface area contributed by atoms with Crippen molar-refractivity contribution >= 4 is 5.91 Å². The molecule has 1 aliphatic rings. The van der Waals surface area contributed by atoms with Crippen LogP contribution in [0.3, 0.4) is 0 Å². The second-order valence-electron chi connectivity index (χ2n) is 5.17. The lowest BCUT2D eigenvalue weighted by atomic mass is 10.0. The smallest absolute Gasteiger partial charge is 0.222 e. The minimum absolute atomic E-state index is 0.228. The van der Waals surface area contributed by atoms with Gasteiger partial charge < -0.3 is 10.2 Å². The summed E-state index contributed by atoms with van der Waals surface area (Å²) in [6.45, 7) is 2.82. The molecular weight excluding hydrogens is 228 g/mol. The van der Waals surface area contributed by atoms with Crippen LogP contribution in [0.25, 0.3) is 0 Å². The Kier molecular flexibility index (Phi) is 4.36. The number of rotatable bonds is 5. The van der Waals surface area contributed by atoms with Crippen LogP contribution >= 0.6 is 0 Å². The zero-order valence-corrected chi connectivity index (χ0v) is 11.2. The van der Waals surface area contributed by atoms with Gasteiger partial charge in [-0.25, -0.2) is 0 Å². The average molecular weight is 250 g/mol. The molecule has 0 aliphatic carbocycles. The van der Waals surface area contributed by atoms with Crippen LogP contribution in [0.1, 0.15) is 24.8 Å². The van der Waals surface area contributed by atoms with E-state index < -0.39 is 0 Å². The molecule has 1 N–H and O–H groups in total. The Morgan fingerprint density at radius 2 is 2.50 bits per heavy atom. The Labute approximate surface area is 108 Å². The van der Waals surface area contributed by atoms with Crippen molar-refractivity contribution in [3.05, 3.63) is 18.0 Å². The lowest BCUT2D eigenvalue weighted by Gasteiger charge is -2.17. The number of carbonyl (C=O) groups is 1. The van der Waals surface area contributed by atoms with Crippen LogP contribution in [0.2, 0.25) is 0 Å². The summed E-state index contributed by atoms with van der Waals surface area (Å²) < 4.78 is 1.76. The van der Waals surface area contributed by atoms with Gasteiger partial charge in [0.1, 0.15) is 0 Å². The topological polar surface area (TPSA) is 50.2 Å². The summed E-state index contributed by atoms with van der Waals surface area (Å²) in [5.74, 6) is 0.909. The van der Waals surface area contributed by atoms with E-state index in [1.807, 2.05) is 26.5 Å². The molecule has 1 fully saturated rings. The van der Waals surface area contributed by atoms with Gasteiger partial charge in [0.15, 0.2) is 0 Å². The van der Waals surface area contributed by atoms with Gasteiger partial charge in [-0.05, 0) is 31.8 Å². The van der Waals surface area contributed by atoms with Gasteiger partial charge >= 0.3 is 0 Å². The molecule has 0 bridgehead atoms. The molecule has 1 aromatic rings. The SMILES string of the molecule is CN(Cc1cnn(C)c1)C(=O)CCC1CCNC1. The molecule has 2 rings (SSSR count). The molecule has 0 spiro atoms. The minimum Gasteiger partial charge on any atom is -0.341 e. The van der Waals surface area contributed by atoms with Crippen molar-refractivity contribution in [2.24, 2.45) is 13.0 Å². The largest absolute Gasteiger partial charge is 0.341 e. The van der Waals surface area contributed by atoms with Gasteiger partial charge in [-0.2, -0.15) is 5.10 Å². The number of aromatic nitrogens is 2. The first kappa shape index (κ1) is 13.1. The molecule has 0 aromatic carbocycles. The Hall–Kier alpha value is -1.36. The van der Waals surface area contributed by atoms with E-state index in [1.165, 1.54) is 6.42 Å². The highest BCUT2D eigenvalue weighted by Crippen LogP contribution is 2.15. The Morgan fingerprint density at radius 3 is 3.11 bits per heavy atom. The van der Waals surface area contributed by atoms with Crippen molar-refractivity contribution < 1.29 is 4.79 Å². The molecule has 2 heterocycles. The molecule has 1 amide bonds. The number of hydrogen-bond acceptors (Lipinski definition) is 3. The van der Waals surface area contributed by atoms with Crippen LogP contribution < -0.4 is 5.32 Å². The molecule has 1 atom stereocenters. The Morgan fingerprint density at radius 1 is 1.67 bits per heavy atom. The number of nitrogens with one attached hydrogen (secondary N) is 1. The molecular formula is C13H22N4O. The molecule has 1 aliphatic heterocycles. The van der Waals surface area contributed by atoms with Crippen LogP contribution in [0.15, 0.2) is 12.4 Å². The van der Waals surface area contributed by atoms with Crippen molar-refractivity contribution in [1.82, 2.24) is 20.0 Å². The summed E-state index contributed by atoms with van der Waals surface area (Å²) in [6.07, 6.45) is 6.63. The molecule has 0 saturated carbocycles. The van der Waals surface area contributed by atoms with Crippen molar-refractivity contribution in [3.8, 4) is 0 Å². The zero-order chi connectivity index (χ0) is 13.0. The number of carbonyl (C=O) groups excluding carboxylic acids is 1. The monoisotopic (exact) mass is 250 g/mol. The molecule has 18 heavy (non-hydrogen) atoms. The van der Waals surface area contributed by atoms with E-state index in [-0.39, 0.29) is 5.91 Å². The van der Waals surface area contributed by atoms with E-state index in [9.17, 15) is 4.79 Å². The lowest BCUT2D eigenvalue weighted by Crippen LogP contribution is -2.26. The summed E-state index contributed by atoms with van der Waals surface area (Å²) in [6, 6.07) is 0. The molecule has 0 radical (unpaired) electrons. The van der Waals surface area contributed by atoms with Gasteiger partial charge in [0.05, 0.1) is 6.20 Å². The maximum absolute atomic E-state index is 12.0. The van der Waals surface area contributed by atoms with Gasteiger partial charge in [0, 0.05) is 38.8 Å². The molecule has 5 heteroatoms. The Bertz CT molecular complexity index is 395. The summed E-state index contributed by atoms with van der Waals surface area (Å²) in [7, 11) is 3.75. The summed E-state index contributed by atoms with van der Waals surface area (Å²) in [5.41, 5.74) is 1.08. The van der Waals surface area contributed by atoms with Crippen LogP contribution in [0, 0.1) is 5.92 Å². The first-order valence-corrected chi connectivity index (χ1v) is 6.57. The van der Waals surface area contributed by atoms with E-state index in [0.717, 1.165) is 25.1 Å². The number of hydrogen-bond donors (Lipinski definition) is 1. The third kappa shape index (κ3) is 3.57. The highest BCUT2D eigenvalue weighted by Gasteiger charge is 2.17. The maximum Gasteiger partial charge on any atom is 0.222 e. The van der Waals surface area contributed by atoms with E-state index >= 15 is 0 Å². The predicted octanol–water partition coefficient (Wildman–Crippen LogP) is 0.768. The highest BCUT2D eigenvalue weighted by atomic mass is 16.2. The van der Waals surface area contributed by atoms with E-state index in [4.69, 9.17) is 0 Å². The fraction of sp³-hybridized carbons (Fsp3) is 0.692. The van der Waals surface area contributed by atoms with Crippen molar-refractivity contribution in [2.75, 3.05) is 20.1 Å². The van der Waals surface area contributed by atoms with Crippen LogP contribution in [0.4, 0.5) is 0 Å². The number of aryl methyl sites for hydroxylation is 1. The van der Waals surface area contributed by atoms with Crippen molar-refractivity contribution in [1.29, 1.82) is 0 Å². The molecule has 1 unspecified atom stereocenters. The zero-order valence-electron chi connectivity index (χ0n) is 11.2. The summed E-state index contributed by atoms with van der Waals surface area (Å²) in [5, 5.41) is 7.44. The van der Waals surface area contributed by atoms with Crippen LogP contribution in [-0.4, -0.2) is 40.7 Å². The predicted molar refractivity (Wildman–Crippen MR) is 69.9 cm³/mol.